The minimum atomic E-state index is -0.392. The first-order valence-corrected chi connectivity index (χ1v) is 7.57. The van der Waals surface area contributed by atoms with Crippen molar-refractivity contribution in [3.05, 3.63) is 28.2 Å². The average Bonchev–Trinajstić information content (AvgIpc) is 2.44. The lowest BCUT2D eigenvalue weighted by Crippen LogP contribution is -2.42. The van der Waals surface area contributed by atoms with Crippen LogP contribution in [0.25, 0.3) is 0 Å². The summed E-state index contributed by atoms with van der Waals surface area (Å²) in [5.41, 5.74) is 1.18. The van der Waals surface area contributed by atoms with E-state index in [4.69, 9.17) is 5.26 Å². The molecule has 0 heterocycles. The van der Waals surface area contributed by atoms with Gasteiger partial charge in [-0.1, -0.05) is 29.8 Å². The Morgan fingerprint density at radius 3 is 2.60 bits per heavy atom. The van der Waals surface area contributed by atoms with Crippen LogP contribution in [0.1, 0.15) is 39.2 Å². The Bertz CT molecular complexity index is 506. The van der Waals surface area contributed by atoms with Gasteiger partial charge in [0.05, 0.1) is 11.3 Å². The lowest BCUT2D eigenvalue weighted by Gasteiger charge is -2.20. The molecule has 0 aliphatic rings. The fraction of sp³-hybridized carbons (Fsp3) is 0.467. The molecule has 0 saturated carbocycles. The number of anilines is 1. The van der Waals surface area contributed by atoms with Crippen molar-refractivity contribution in [2.45, 2.75) is 45.7 Å². The zero-order chi connectivity index (χ0) is 15.1. The summed E-state index contributed by atoms with van der Waals surface area (Å²) in [5, 5.41) is 15.2. The molecule has 20 heavy (non-hydrogen) atoms. The smallest absolute Gasteiger partial charge is 0.242 e. The van der Waals surface area contributed by atoms with Gasteiger partial charge in [-0.05, 0) is 38.0 Å². The van der Waals surface area contributed by atoms with Crippen LogP contribution in [0.2, 0.25) is 0 Å². The summed E-state index contributed by atoms with van der Waals surface area (Å²) in [6, 6.07) is 7.25. The molecular weight excluding hydrogens is 318 g/mol. The van der Waals surface area contributed by atoms with E-state index >= 15 is 0 Å². The molecule has 108 valence electrons. The minimum Gasteiger partial charge on any atom is -0.373 e. The van der Waals surface area contributed by atoms with Crippen molar-refractivity contribution in [1.29, 1.82) is 5.26 Å². The van der Waals surface area contributed by atoms with Crippen molar-refractivity contribution < 1.29 is 4.79 Å². The van der Waals surface area contributed by atoms with E-state index in [1.807, 2.05) is 0 Å². The summed E-state index contributed by atoms with van der Waals surface area (Å²) < 4.78 is 0.867. The minimum absolute atomic E-state index is 0.0532. The van der Waals surface area contributed by atoms with E-state index in [2.05, 4.69) is 46.5 Å². The quantitative estimate of drug-likeness (QED) is 0.835. The van der Waals surface area contributed by atoms with E-state index in [0.29, 0.717) is 11.3 Å². The third kappa shape index (κ3) is 4.53. The molecule has 2 N–H and O–H groups in total. The maximum absolute atomic E-state index is 12.1. The lowest BCUT2D eigenvalue weighted by atomic mass is 10.1. The molecule has 4 nitrogen and oxygen atoms in total. The molecule has 1 unspecified atom stereocenters. The normalized spacial score (nSPS) is 11.8. The molecular formula is C15H20BrN3O. The van der Waals surface area contributed by atoms with Crippen LogP contribution in [0.5, 0.6) is 0 Å². The highest BCUT2D eigenvalue weighted by atomic mass is 79.9. The number of benzene rings is 1. The van der Waals surface area contributed by atoms with E-state index in [0.717, 1.165) is 17.3 Å². The average molecular weight is 338 g/mol. The maximum Gasteiger partial charge on any atom is 0.242 e. The molecule has 1 amide bonds. The highest BCUT2D eigenvalue weighted by molar-refractivity contribution is 9.10. The topological polar surface area (TPSA) is 64.9 Å². The Morgan fingerprint density at radius 1 is 1.40 bits per heavy atom. The molecule has 0 aliphatic heterocycles. The number of rotatable bonds is 6. The first kappa shape index (κ1) is 16.5. The van der Waals surface area contributed by atoms with Crippen molar-refractivity contribution >= 4 is 27.5 Å². The van der Waals surface area contributed by atoms with Crippen LogP contribution < -0.4 is 10.6 Å². The summed E-state index contributed by atoms with van der Waals surface area (Å²) in [6.07, 6.45) is 1.82. The Balaban J connectivity index is 2.75. The predicted molar refractivity (Wildman–Crippen MR) is 84.5 cm³/mol. The van der Waals surface area contributed by atoms with Gasteiger partial charge in [-0.15, -0.1) is 0 Å². The van der Waals surface area contributed by atoms with Crippen LogP contribution in [0.15, 0.2) is 22.7 Å². The largest absolute Gasteiger partial charge is 0.373 e. The van der Waals surface area contributed by atoms with Gasteiger partial charge in [-0.3, -0.25) is 4.79 Å². The molecule has 0 spiro atoms. The fourth-order valence-electron chi connectivity index (χ4n) is 1.85. The number of carbonyl (C=O) groups excluding carboxylic acids is 1. The highest BCUT2D eigenvalue weighted by Gasteiger charge is 2.16. The summed E-state index contributed by atoms with van der Waals surface area (Å²) >= 11 is 3.37. The van der Waals surface area contributed by atoms with Crippen molar-refractivity contribution in [2.75, 3.05) is 5.32 Å². The summed E-state index contributed by atoms with van der Waals surface area (Å²) in [6.45, 7) is 5.89. The van der Waals surface area contributed by atoms with E-state index in [1.54, 1.807) is 25.1 Å². The molecule has 5 heteroatoms. The summed E-state index contributed by atoms with van der Waals surface area (Å²) in [7, 11) is 0. The van der Waals surface area contributed by atoms with Gasteiger partial charge in [-0.2, -0.15) is 5.26 Å². The van der Waals surface area contributed by atoms with E-state index in [9.17, 15) is 4.79 Å². The maximum atomic E-state index is 12.1. The first-order chi connectivity index (χ1) is 9.51. The predicted octanol–water partition coefficient (Wildman–Crippen LogP) is 3.43. The molecule has 1 atom stereocenters. The van der Waals surface area contributed by atoms with Gasteiger partial charge >= 0.3 is 0 Å². The fourth-order valence-corrected chi connectivity index (χ4v) is 2.21. The zero-order valence-electron chi connectivity index (χ0n) is 12.0. The molecule has 0 aliphatic carbocycles. The Morgan fingerprint density at radius 2 is 2.05 bits per heavy atom. The zero-order valence-corrected chi connectivity index (χ0v) is 13.6. The van der Waals surface area contributed by atoms with E-state index in [1.165, 1.54) is 0 Å². The molecule has 0 bridgehead atoms. The summed E-state index contributed by atoms with van der Waals surface area (Å²) in [4.78, 5) is 12.1. The van der Waals surface area contributed by atoms with Crippen LogP contribution in [0, 0.1) is 11.3 Å². The lowest BCUT2D eigenvalue weighted by molar-refractivity contribution is -0.122. The number of carbonyl (C=O) groups is 1. The summed E-state index contributed by atoms with van der Waals surface area (Å²) in [5.74, 6) is -0.0532. The number of hydrogen-bond donors (Lipinski definition) is 2. The molecule has 1 rings (SSSR count). The van der Waals surface area contributed by atoms with Gasteiger partial charge < -0.3 is 10.6 Å². The second-order valence-electron chi connectivity index (χ2n) is 4.69. The Hall–Kier alpha value is -1.54. The molecule has 0 aromatic heterocycles. The van der Waals surface area contributed by atoms with Crippen LogP contribution in [-0.4, -0.2) is 18.0 Å². The Labute approximate surface area is 128 Å². The Kier molecular flexibility index (Phi) is 6.53. The molecule has 1 aromatic carbocycles. The highest BCUT2D eigenvalue weighted by Crippen LogP contribution is 2.21. The number of nitrogens with zero attached hydrogens (tertiary/aromatic N) is 1. The number of amides is 1. The number of hydrogen-bond acceptors (Lipinski definition) is 3. The van der Waals surface area contributed by atoms with Crippen LogP contribution in [-0.2, 0) is 4.79 Å². The van der Waals surface area contributed by atoms with Gasteiger partial charge in [-0.25, -0.2) is 0 Å². The van der Waals surface area contributed by atoms with Crippen molar-refractivity contribution in [1.82, 2.24) is 5.32 Å². The third-order valence-corrected chi connectivity index (χ3v) is 3.69. The van der Waals surface area contributed by atoms with Crippen molar-refractivity contribution in [3.8, 4) is 6.07 Å². The van der Waals surface area contributed by atoms with E-state index < -0.39 is 6.04 Å². The number of halogens is 1. The molecule has 0 radical (unpaired) electrons. The number of nitrogens with one attached hydrogen (secondary N) is 2. The molecule has 0 fully saturated rings. The van der Waals surface area contributed by atoms with Gasteiger partial charge in [0.25, 0.3) is 0 Å². The molecule has 0 saturated heterocycles. The first-order valence-electron chi connectivity index (χ1n) is 6.78. The SMILES string of the molecule is CCC(CC)NC(=O)C(C)Nc1cc(Br)ccc1C#N. The van der Waals surface area contributed by atoms with E-state index in [-0.39, 0.29) is 11.9 Å². The van der Waals surface area contributed by atoms with Crippen LogP contribution in [0.3, 0.4) is 0 Å². The number of nitriles is 1. The van der Waals surface area contributed by atoms with Crippen LogP contribution >= 0.6 is 15.9 Å². The second-order valence-corrected chi connectivity index (χ2v) is 5.61. The third-order valence-electron chi connectivity index (χ3n) is 3.20. The van der Waals surface area contributed by atoms with Gasteiger partial charge in [0.1, 0.15) is 12.1 Å². The van der Waals surface area contributed by atoms with Crippen LogP contribution in [0.4, 0.5) is 5.69 Å². The molecule has 1 aromatic rings. The van der Waals surface area contributed by atoms with Crippen molar-refractivity contribution in [2.24, 2.45) is 0 Å². The van der Waals surface area contributed by atoms with Gasteiger partial charge in [0.15, 0.2) is 0 Å². The monoisotopic (exact) mass is 337 g/mol. The standard InChI is InChI=1S/C15H20BrN3O/c1-4-13(5-2)19-15(20)10(3)18-14-8-12(16)7-6-11(14)9-17/h6-8,10,13,18H,4-5H2,1-3H3,(H,19,20). The van der Waals surface area contributed by atoms with Crippen molar-refractivity contribution in [3.63, 3.8) is 0 Å². The second kappa shape index (κ2) is 7.91. The van der Waals surface area contributed by atoms with Gasteiger partial charge in [0.2, 0.25) is 5.91 Å². The van der Waals surface area contributed by atoms with Gasteiger partial charge in [0, 0.05) is 10.5 Å².